The van der Waals surface area contributed by atoms with Gasteiger partial charge in [-0.1, -0.05) is 30.3 Å². The molecule has 29 heavy (non-hydrogen) atoms. The van der Waals surface area contributed by atoms with Gasteiger partial charge in [0.05, 0.1) is 6.10 Å². The summed E-state index contributed by atoms with van der Waals surface area (Å²) in [5.41, 5.74) is 4.20. The van der Waals surface area contributed by atoms with Crippen LogP contribution in [0.15, 0.2) is 48.5 Å². The summed E-state index contributed by atoms with van der Waals surface area (Å²) in [6, 6.07) is 15.8. The molecule has 0 aliphatic carbocycles. The molecule has 1 aliphatic rings. The minimum Gasteiger partial charge on any atom is -0.390 e. The Morgan fingerprint density at radius 2 is 2.03 bits per heavy atom. The van der Waals surface area contributed by atoms with E-state index in [-0.39, 0.29) is 12.5 Å². The van der Waals surface area contributed by atoms with Gasteiger partial charge in [0.15, 0.2) is 0 Å². The van der Waals surface area contributed by atoms with Crippen molar-refractivity contribution in [1.29, 1.82) is 0 Å². The summed E-state index contributed by atoms with van der Waals surface area (Å²) >= 11 is 0. The number of benzene rings is 2. The minimum absolute atomic E-state index is 0.173. The van der Waals surface area contributed by atoms with Crippen molar-refractivity contribution in [3.8, 4) is 0 Å². The van der Waals surface area contributed by atoms with Gasteiger partial charge in [0, 0.05) is 57.7 Å². The smallest absolute Gasteiger partial charge is 0.251 e. The highest BCUT2D eigenvalue weighted by Gasteiger charge is 2.19. The van der Waals surface area contributed by atoms with Gasteiger partial charge in [-0.3, -0.25) is 9.69 Å². The fourth-order valence-corrected chi connectivity index (χ4v) is 3.60. The third-order valence-electron chi connectivity index (χ3n) is 5.16. The zero-order valence-electron chi connectivity index (χ0n) is 17.1. The number of rotatable bonds is 10. The molecule has 3 N–H and O–H groups in total. The van der Waals surface area contributed by atoms with Crippen LogP contribution >= 0.6 is 0 Å². The van der Waals surface area contributed by atoms with Gasteiger partial charge in [0.1, 0.15) is 0 Å². The van der Waals surface area contributed by atoms with E-state index in [9.17, 15) is 9.90 Å². The van der Waals surface area contributed by atoms with Crippen LogP contribution in [0.5, 0.6) is 0 Å². The maximum absolute atomic E-state index is 12.4. The Labute approximate surface area is 172 Å². The van der Waals surface area contributed by atoms with Gasteiger partial charge in [0.2, 0.25) is 0 Å². The molecule has 0 radical (unpaired) electrons. The quantitative estimate of drug-likeness (QED) is 0.537. The average molecular weight is 398 g/mol. The molecule has 2 aromatic rings. The summed E-state index contributed by atoms with van der Waals surface area (Å²) in [4.78, 5) is 14.7. The van der Waals surface area contributed by atoms with E-state index in [0.717, 1.165) is 38.2 Å². The third-order valence-corrected chi connectivity index (χ3v) is 5.16. The molecule has 6 heteroatoms. The first-order chi connectivity index (χ1) is 14.2. The van der Waals surface area contributed by atoms with Gasteiger partial charge in [-0.15, -0.1) is 0 Å². The van der Waals surface area contributed by atoms with E-state index in [4.69, 9.17) is 4.74 Å². The van der Waals surface area contributed by atoms with Crippen molar-refractivity contribution in [1.82, 2.24) is 10.2 Å². The van der Waals surface area contributed by atoms with Crippen molar-refractivity contribution in [3.05, 3.63) is 65.2 Å². The van der Waals surface area contributed by atoms with Crippen molar-refractivity contribution in [2.24, 2.45) is 0 Å². The highest BCUT2D eigenvalue weighted by Crippen LogP contribution is 2.18. The summed E-state index contributed by atoms with van der Waals surface area (Å²) in [7, 11) is 1.68. The van der Waals surface area contributed by atoms with E-state index in [1.807, 2.05) is 18.2 Å². The number of β-amino-alcohol motifs (C(OH)–C–C–N with tert-alkyl or cyclic N) is 1. The summed E-state index contributed by atoms with van der Waals surface area (Å²) in [5.74, 6) is -0.173. The molecule has 1 atom stereocenters. The van der Waals surface area contributed by atoms with E-state index in [1.54, 1.807) is 13.2 Å². The number of methoxy groups -OCH3 is 1. The Morgan fingerprint density at radius 3 is 2.86 bits per heavy atom. The average Bonchev–Trinajstić information content (AvgIpc) is 2.75. The molecule has 0 aromatic heterocycles. The Balaban J connectivity index is 1.43. The van der Waals surface area contributed by atoms with Gasteiger partial charge in [0.25, 0.3) is 5.91 Å². The molecule has 6 nitrogen and oxygen atoms in total. The normalized spacial score (nSPS) is 14.8. The summed E-state index contributed by atoms with van der Waals surface area (Å²) in [6.45, 7) is 4.05. The summed E-state index contributed by atoms with van der Waals surface area (Å²) in [6.07, 6.45) is 1.30. The lowest BCUT2D eigenvalue weighted by Crippen LogP contribution is -2.42. The number of anilines is 1. The van der Waals surface area contributed by atoms with Gasteiger partial charge < -0.3 is 20.5 Å². The monoisotopic (exact) mass is 397 g/mol. The van der Waals surface area contributed by atoms with Crippen LogP contribution in [0, 0.1) is 0 Å². The van der Waals surface area contributed by atoms with Crippen LogP contribution in [-0.2, 0) is 17.7 Å². The van der Waals surface area contributed by atoms with Crippen LogP contribution in [0.4, 0.5) is 5.69 Å². The van der Waals surface area contributed by atoms with Crippen LogP contribution in [0.2, 0.25) is 0 Å². The molecule has 0 fully saturated rings. The molecule has 1 amide bonds. The summed E-state index contributed by atoms with van der Waals surface area (Å²) < 4.78 is 5.04. The lowest BCUT2D eigenvalue weighted by molar-refractivity contribution is 0.0842. The number of amides is 1. The minimum atomic E-state index is -0.598. The molecular weight excluding hydrogens is 366 g/mol. The fourth-order valence-electron chi connectivity index (χ4n) is 3.60. The molecule has 1 aliphatic heterocycles. The molecule has 0 saturated carbocycles. The highest BCUT2D eigenvalue weighted by atomic mass is 16.5. The number of hydrogen-bond acceptors (Lipinski definition) is 5. The molecule has 2 aromatic carbocycles. The van der Waals surface area contributed by atoms with Crippen LogP contribution in [0.1, 0.15) is 27.9 Å². The van der Waals surface area contributed by atoms with Crippen LogP contribution in [-0.4, -0.2) is 61.9 Å². The third kappa shape index (κ3) is 6.56. The summed E-state index contributed by atoms with van der Waals surface area (Å²) in [5, 5.41) is 16.5. The molecule has 1 heterocycles. The van der Waals surface area contributed by atoms with Crippen LogP contribution in [0.25, 0.3) is 0 Å². The van der Waals surface area contributed by atoms with Gasteiger partial charge in [-0.05, 0) is 42.2 Å². The number of aliphatic hydroxyl groups excluding tert-OH is 1. The van der Waals surface area contributed by atoms with Crippen molar-refractivity contribution in [2.75, 3.05) is 45.2 Å². The fraction of sp³-hybridized carbons (Fsp3) is 0.435. The maximum atomic E-state index is 12.4. The molecule has 0 spiro atoms. The standard InChI is InChI=1S/C23H31N3O3/c1-29-13-5-11-24-21-9-4-8-19(14-21)23(28)25-15-22(27)17-26-12-10-18-6-2-3-7-20(18)16-26/h2-4,6-9,14,22,24,27H,5,10-13,15-17H2,1H3,(H,25,28). The van der Waals surface area contributed by atoms with E-state index in [2.05, 4.69) is 39.8 Å². The predicted octanol–water partition coefficient (Wildman–Crippen LogP) is 2.28. The first-order valence-electron chi connectivity index (χ1n) is 10.2. The molecule has 0 saturated heterocycles. The second-order valence-electron chi connectivity index (χ2n) is 7.47. The maximum Gasteiger partial charge on any atom is 0.251 e. The van der Waals surface area contributed by atoms with Crippen molar-refractivity contribution in [3.63, 3.8) is 0 Å². The van der Waals surface area contributed by atoms with Gasteiger partial charge in [-0.2, -0.15) is 0 Å². The molecule has 3 rings (SSSR count). The zero-order chi connectivity index (χ0) is 20.5. The van der Waals surface area contributed by atoms with Crippen molar-refractivity contribution in [2.45, 2.75) is 25.5 Å². The highest BCUT2D eigenvalue weighted by molar-refractivity contribution is 5.95. The number of aliphatic hydroxyl groups is 1. The zero-order valence-corrected chi connectivity index (χ0v) is 17.1. The number of nitrogens with one attached hydrogen (secondary N) is 2. The number of nitrogens with zero attached hydrogens (tertiary/aromatic N) is 1. The predicted molar refractivity (Wildman–Crippen MR) is 115 cm³/mol. The second kappa shape index (κ2) is 11.0. The van der Waals surface area contributed by atoms with E-state index < -0.39 is 6.10 Å². The Morgan fingerprint density at radius 1 is 1.21 bits per heavy atom. The molecule has 0 bridgehead atoms. The van der Waals surface area contributed by atoms with E-state index in [0.29, 0.717) is 18.7 Å². The Bertz CT molecular complexity index is 796. The molecule has 156 valence electrons. The number of hydrogen-bond donors (Lipinski definition) is 3. The Kier molecular flexibility index (Phi) is 8.04. The first-order valence-corrected chi connectivity index (χ1v) is 10.2. The SMILES string of the molecule is COCCCNc1cccc(C(=O)NCC(O)CN2CCc3ccccc3C2)c1. The van der Waals surface area contributed by atoms with Crippen LogP contribution < -0.4 is 10.6 Å². The number of carbonyl (C=O) groups excluding carboxylic acids is 1. The van der Waals surface area contributed by atoms with Crippen molar-refractivity contribution < 1.29 is 14.6 Å². The molecular formula is C23H31N3O3. The number of carbonyl (C=O) groups is 1. The number of fused-ring (bicyclic) bond motifs is 1. The topological polar surface area (TPSA) is 73.8 Å². The second-order valence-corrected chi connectivity index (χ2v) is 7.47. The number of ether oxygens (including phenoxy) is 1. The Hall–Kier alpha value is -2.41. The van der Waals surface area contributed by atoms with E-state index >= 15 is 0 Å². The van der Waals surface area contributed by atoms with Gasteiger partial charge in [-0.25, -0.2) is 0 Å². The largest absolute Gasteiger partial charge is 0.390 e. The van der Waals surface area contributed by atoms with E-state index in [1.165, 1.54) is 11.1 Å². The lowest BCUT2D eigenvalue weighted by Gasteiger charge is -2.30. The lowest BCUT2D eigenvalue weighted by atomic mass is 10.00. The van der Waals surface area contributed by atoms with Crippen molar-refractivity contribution >= 4 is 11.6 Å². The molecule has 1 unspecified atom stereocenters. The van der Waals surface area contributed by atoms with Crippen LogP contribution in [0.3, 0.4) is 0 Å². The first kappa shape index (κ1) is 21.3. The van der Waals surface area contributed by atoms with Gasteiger partial charge >= 0.3 is 0 Å².